The van der Waals surface area contributed by atoms with Crippen LogP contribution in [0.15, 0.2) is 54.9 Å². The first-order valence-corrected chi connectivity index (χ1v) is 15.2. The molecule has 4 heterocycles. The standard InChI is InChI=1S/C33H34FN3O3S/c1-21(38)14-23-9-12-37(13-10-23)20-25-4-6-28(36-19-25)32-18-29-33(41-32)31(8-11-35-29)40-30-7-5-24(17-27(30)34)16-26(39)15-22-2-3-22/h4-8,11,17-19,22-23H,2-3,9-10,12-16,20H2,1H3. The normalized spacial score (nSPS) is 16.2. The molecule has 212 valence electrons. The van der Waals surface area contributed by atoms with Crippen LogP contribution in [0.5, 0.6) is 11.5 Å². The number of aromatic nitrogens is 2. The molecular weight excluding hydrogens is 537 g/mol. The smallest absolute Gasteiger partial charge is 0.166 e. The van der Waals surface area contributed by atoms with Crippen molar-refractivity contribution in [2.24, 2.45) is 11.8 Å². The lowest BCUT2D eigenvalue weighted by atomic mass is 9.92. The first kappa shape index (κ1) is 27.7. The summed E-state index contributed by atoms with van der Waals surface area (Å²) in [6.07, 6.45) is 9.53. The predicted molar refractivity (Wildman–Crippen MR) is 159 cm³/mol. The molecule has 6 nitrogen and oxygen atoms in total. The van der Waals surface area contributed by atoms with Crippen molar-refractivity contribution in [3.63, 3.8) is 0 Å². The summed E-state index contributed by atoms with van der Waals surface area (Å²) in [5.41, 5.74) is 3.46. The van der Waals surface area contributed by atoms with Gasteiger partial charge in [0.05, 0.1) is 20.8 Å². The van der Waals surface area contributed by atoms with Crippen molar-refractivity contribution < 1.29 is 18.7 Å². The molecule has 1 saturated carbocycles. The zero-order chi connectivity index (χ0) is 28.3. The van der Waals surface area contributed by atoms with E-state index in [4.69, 9.17) is 9.72 Å². The number of fused-ring (bicyclic) bond motifs is 1. The number of carbonyl (C=O) groups excluding carboxylic acids is 2. The number of thiophene rings is 1. The largest absolute Gasteiger partial charge is 0.453 e. The first-order chi connectivity index (χ1) is 19.9. The van der Waals surface area contributed by atoms with Crippen LogP contribution in [0.1, 0.15) is 56.6 Å². The Morgan fingerprint density at radius 3 is 2.44 bits per heavy atom. The Labute approximate surface area is 243 Å². The van der Waals surface area contributed by atoms with E-state index in [1.165, 1.54) is 17.4 Å². The van der Waals surface area contributed by atoms with Crippen LogP contribution in [0.4, 0.5) is 4.39 Å². The monoisotopic (exact) mass is 571 g/mol. The average Bonchev–Trinajstić information content (AvgIpc) is 3.65. The van der Waals surface area contributed by atoms with Gasteiger partial charge in [-0.15, -0.1) is 11.3 Å². The molecule has 8 heteroatoms. The fourth-order valence-electron chi connectivity index (χ4n) is 5.60. The molecule has 0 N–H and O–H groups in total. The second kappa shape index (κ2) is 12.2. The van der Waals surface area contributed by atoms with Crippen LogP contribution >= 0.6 is 11.3 Å². The van der Waals surface area contributed by atoms with E-state index < -0.39 is 5.82 Å². The molecule has 2 fully saturated rings. The fraction of sp³-hybridized carbons (Fsp3) is 0.394. The molecule has 0 atom stereocenters. The quantitative estimate of drug-likeness (QED) is 0.187. The number of pyridine rings is 2. The number of nitrogens with zero attached hydrogens (tertiary/aromatic N) is 3. The second-order valence-electron chi connectivity index (χ2n) is 11.5. The molecule has 6 rings (SSSR count). The third-order valence-electron chi connectivity index (χ3n) is 7.97. The number of hydrogen-bond acceptors (Lipinski definition) is 7. The van der Waals surface area contributed by atoms with Crippen LogP contribution < -0.4 is 4.74 Å². The number of likely N-dealkylation sites (tertiary alicyclic amines) is 1. The lowest BCUT2D eigenvalue weighted by Gasteiger charge is -2.31. The summed E-state index contributed by atoms with van der Waals surface area (Å²) >= 11 is 1.52. The summed E-state index contributed by atoms with van der Waals surface area (Å²) in [7, 11) is 0. The van der Waals surface area contributed by atoms with Gasteiger partial charge in [0.2, 0.25) is 0 Å². The van der Waals surface area contributed by atoms with Gasteiger partial charge in [-0.2, -0.15) is 0 Å². The van der Waals surface area contributed by atoms with Crippen molar-refractivity contribution >= 4 is 33.1 Å². The van der Waals surface area contributed by atoms with E-state index in [1.54, 1.807) is 31.3 Å². The van der Waals surface area contributed by atoms with Crippen LogP contribution in [0.2, 0.25) is 0 Å². The highest BCUT2D eigenvalue weighted by atomic mass is 32.1. The SMILES string of the molecule is CC(=O)CC1CCN(Cc2ccc(-c3cc4nccc(Oc5ccc(CC(=O)CC6CC6)cc5F)c4s3)nc2)CC1. The molecule has 0 unspecified atom stereocenters. The van der Waals surface area contributed by atoms with Gasteiger partial charge in [0.25, 0.3) is 0 Å². The maximum Gasteiger partial charge on any atom is 0.166 e. The average molecular weight is 572 g/mol. The van der Waals surface area contributed by atoms with E-state index in [0.717, 1.165) is 71.7 Å². The summed E-state index contributed by atoms with van der Waals surface area (Å²) < 4.78 is 21.8. The molecular formula is C33H34FN3O3S. The highest BCUT2D eigenvalue weighted by Crippen LogP contribution is 2.39. The topological polar surface area (TPSA) is 72.4 Å². The van der Waals surface area contributed by atoms with Gasteiger partial charge in [-0.1, -0.05) is 12.1 Å². The Hall–Kier alpha value is -3.49. The Balaban J connectivity index is 1.11. The van der Waals surface area contributed by atoms with E-state index in [1.807, 2.05) is 18.3 Å². The van der Waals surface area contributed by atoms with Crippen molar-refractivity contribution in [2.45, 2.75) is 58.4 Å². The van der Waals surface area contributed by atoms with Gasteiger partial charge in [0.15, 0.2) is 11.6 Å². The number of benzene rings is 1. The van der Waals surface area contributed by atoms with Gasteiger partial charge < -0.3 is 9.53 Å². The number of piperidine rings is 1. The molecule has 0 spiro atoms. The summed E-state index contributed by atoms with van der Waals surface area (Å²) in [6, 6.07) is 12.6. The summed E-state index contributed by atoms with van der Waals surface area (Å²) in [6.45, 7) is 4.55. The molecule has 0 radical (unpaired) electrons. The summed E-state index contributed by atoms with van der Waals surface area (Å²) in [4.78, 5) is 36.2. The molecule has 1 saturated heterocycles. The third-order valence-corrected chi connectivity index (χ3v) is 9.13. The van der Waals surface area contributed by atoms with E-state index in [0.29, 0.717) is 36.0 Å². The molecule has 1 aromatic carbocycles. The van der Waals surface area contributed by atoms with Crippen molar-refractivity contribution in [1.29, 1.82) is 0 Å². The van der Waals surface area contributed by atoms with Crippen molar-refractivity contribution in [2.75, 3.05) is 13.1 Å². The number of Topliss-reactive ketones (excluding diaryl/α,β-unsaturated/α-hetero) is 2. The van der Waals surface area contributed by atoms with E-state index in [-0.39, 0.29) is 23.7 Å². The number of rotatable bonds is 11. The fourth-order valence-corrected chi connectivity index (χ4v) is 6.64. The zero-order valence-corrected chi connectivity index (χ0v) is 24.1. The molecule has 0 bridgehead atoms. The highest BCUT2D eigenvalue weighted by molar-refractivity contribution is 7.22. The molecule has 4 aromatic rings. The molecule has 1 aliphatic heterocycles. The van der Waals surface area contributed by atoms with Crippen LogP contribution in [0, 0.1) is 17.7 Å². The Morgan fingerprint density at radius 1 is 0.951 bits per heavy atom. The van der Waals surface area contributed by atoms with Gasteiger partial charge in [0, 0.05) is 44.3 Å². The number of carbonyl (C=O) groups is 2. The molecule has 3 aromatic heterocycles. The lowest BCUT2D eigenvalue weighted by molar-refractivity contribution is -0.119. The van der Waals surface area contributed by atoms with Gasteiger partial charge in [-0.25, -0.2) is 4.39 Å². The van der Waals surface area contributed by atoms with E-state index >= 15 is 0 Å². The minimum Gasteiger partial charge on any atom is -0.453 e. The van der Waals surface area contributed by atoms with Crippen LogP contribution in [-0.4, -0.2) is 39.5 Å². The van der Waals surface area contributed by atoms with Gasteiger partial charge in [0.1, 0.15) is 17.3 Å². The number of ketones is 2. The van der Waals surface area contributed by atoms with Crippen molar-refractivity contribution in [1.82, 2.24) is 14.9 Å². The predicted octanol–water partition coefficient (Wildman–Crippen LogP) is 7.39. The number of halogens is 1. The zero-order valence-electron chi connectivity index (χ0n) is 23.3. The third kappa shape index (κ3) is 7.05. The second-order valence-corrected chi connectivity index (χ2v) is 12.6. The Kier molecular flexibility index (Phi) is 8.21. The first-order valence-electron chi connectivity index (χ1n) is 14.4. The minimum atomic E-state index is -0.483. The Bertz CT molecular complexity index is 1560. The lowest BCUT2D eigenvalue weighted by Crippen LogP contribution is -2.33. The molecule has 41 heavy (non-hydrogen) atoms. The minimum absolute atomic E-state index is 0.124. The van der Waals surface area contributed by atoms with Crippen molar-refractivity contribution in [3.8, 4) is 22.1 Å². The van der Waals surface area contributed by atoms with Crippen LogP contribution in [-0.2, 0) is 22.6 Å². The van der Waals surface area contributed by atoms with E-state index in [2.05, 4.69) is 16.0 Å². The maximum absolute atomic E-state index is 14.9. The van der Waals surface area contributed by atoms with Crippen molar-refractivity contribution in [3.05, 3.63) is 71.8 Å². The molecule has 1 aliphatic carbocycles. The van der Waals surface area contributed by atoms with Gasteiger partial charge in [-0.3, -0.25) is 19.7 Å². The number of ether oxygens (including phenoxy) is 1. The van der Waals surface area contributed by atoms with Crippen LogP contribution in [0.3, 0.4) is 0 Å². The Morgan fingerprint density at radius 2 is 1.73 bits per heavy atom. The van der Waals surface area contributed by atoms with Gasteiger partial charge in [-0.05, 0) is 92.9 Å². The van der Waals surface area contributed by atoms with Gasteiger partial charge >= 0.3 is 0 Å². The summed E-state index contributed by atoms with van der Waals surface area (Å²) in [5, 5.41) is 0. The molecule has 2 aliphatic rings. The maximum atomic E-state index is 14.9. The summed E-state index contributed by atoms with van der Waals surface area (Å²) in [5.74, 6) is 1.67. The highest BCUT2D eigenvalue weighted by Gasteiger charge is 2.24. The van der Waals surface area contributed by atoms with Crippen LogP contribution in [0.25, 0.3) is 20.8 Å². The molecule has 0 amide bonds. The number of hydrogen-bond donors (Lipinski definition) is 0. The van der Waals surface area contributed by atoms with E-state index in [9.17, 15) is 14.0 Å².